The molecule has 3 N–H and O–H groups in total. The summed E-state index contributed by atoms with van der Waals surface area (Å²) >= 11 is 0. The zero-order valence-corrected chi connectivity index (χ0v) is 9.22. The summed E-state index contributed by atoms with van der Waals surface area (Å²) in [4.78, 5) is 0. The van der Waals surface area contributed by atoms with Gasteiger partial charge in [-0.3, -0.25) is 0 Å². The summed E-state index contributed by atoms with van der Waals surface area (Å²) in [6, 6.07) is 0. The predicted molar refractivity (Wildman–Crippen MR) is 54.7 cm³/mol. The van der Waals surface area contributed by atoms with Crippen LogP contribution in [0.2, 0.25) is 0 Å². The van der Waals surface area contributed by atoms with E-state index in [1.54, 1.807) is 0 Å². The van der Waals surface area contributed by atoms with Crippen LogP contribution in [-0.2, 0) is 0 Å². The molecule has 0 heterocycles. The maximum Gasteiger partial charge on any atom is 0.0740 e. The van der Waals surface area contributed by atoms with Crippen molar-refractivity contribution in [2.24, 2.45) is 5.41 Å². The molecule has 0 saturated heterocycles. The molecule has 1 unspecified atom stereocenters. The molecule has 0 aromatic heterocycles. The first-order valence-electron chi connectivity index (χ1n) is 4.87. The molecule has 3 nitrogen and oxygen atoms in total. The van der Waals surface area contributed by atoms with E-state index in [1.807, 2.05) is 27.7 Å². The highest BCUT2D eigenvalue weighted by Crippen LogP contribution is 2.12. The highest BCUT2D eigenvalue weighted by Gasteiger charge is 2.20. The van der Waals surface area contributed by atoms with Gasteiger partial charge in [-0.05, 0) is 13.3 Å². The second-order valence-electron chi connectivity index (χ2n) is 4.78. The molecule has 0 aliphatic heterocycles. The van der Waals surface area contributed by atoms with Crippen molar-refractivity contribution in [3.63, 3.8) is 0 Å². The molecule has 0 rings (SSSR count). The Labute approximate surface area is 81.2 Å². The van der Waals surface area contributed by atoms with Crippen molar-refractivity contribution in [1.82, 2.24) is 5.32 Å². The Hall–Kier alpha value is -0.120. The Kier molecular flexibility index (Phi) is 4.89. The first-order valence-corrected chi connectivity index (χ1v) is 4.87. The molecule has 0 radical (unpaired) electrons. The molecule has 80 valence electrons. The summed E-state index contributed by atoms with van der Waals surface area (Å²) in [5.74, 6) is 0. The quantitative estimate of drug-likeness (QED) is 0.578. The predicted octanol–water partition coefficient (Wildman–Crippen LogP) is 0.756. The molecule has 0 aliphatic rings. The van der Waals surface area contributed by atoms with E-state index in [0.29, 0.717) is 6.54 Å². The number of hydrogen-bond acceptors (Lipinski definition) is 3. The van der Waals surface area contributed by atoms with Crippen LogP contribution >= 0.6 is 0 Å². The molecule has 0 aromatic carbocycles. The van der Waals surface area contributed by atoms with Gasteiger partial charge in [0.25, 0.3) is 0 Å². The fourth-order valence-electron chi connectivity index (χ4n) is 0.851. The standard InChI is InChI=1S/C10H23NO2/c1-5-10(4,13)7-11-6-9(2,3)8-12/h11-13H,5-8H2,1-4H3. The van der Waals surface area contributed by atoms with Gasteiger partial charge in [-0.15, -0.1) is 0 Å². The fourth-order valence-corrected chi connectivity index (χ4v) is 0.851. The van der Waals surface area contributed by atoms with Crippen molar-refractivity contribution in [3.8, 4) is 0 Å². The van der Waals surface area contributed by atoms with Crippen LogP contribution < -0.4 is 5.32 Å². The Morgan fingerprint density at radius 3 is 2.08 bits per heavy atom. The number of aliphatic hydroxyl groups is 2. The second kappa shape index (κ2) is 4.94. The van der Waals surface area contributed by atoms with Gasteiger partial charge in [0, 0.05) is 25.1 Å². The highest BCUT2D eigenvalue weighted by molar-refractivity contribution is 4.76. The Bertz CT molecular complexity index is 128. The molecule has 0 saturated carbocycles. The SMILES string of the molecule is CCC(C)(O)CNCC(C)(C)CO. The monoisotopic (exact) mass is 189 g/mol. The van der Waals surface area contributed by atoms with Crippen LogP contribution in [0.4, 0.5) is 0 Å². The summed E-state index contributed by atoms with van der Waals surface area (Å²) in [6.07, 6.45) is 0.736. The van der Waals surface area contributed by atoms with Crippen LogP contribution in [0.5, 0.6) is 0 Å². The minimum Gasteiger partial charge on any atom is -0.396 e. The third-order valence-electron chi connectivity index (χ3n) is 2.30. The van der Waals surface area contributed by atoms with E-state index >= 15 is 0 Å². The topological polar surface area (TPSA) is 52.5 Å². The minimum atomic E-state index is -0.633. The van der Waals surface area contributed by atoms with Gasteiger partial charge in [0.05, 0.1) is 5.60 Å². The molecule has 0 fully saturated rings. The van der Waals surface area contributed by atoms with Crippen molar-refractivity contribution >= 4 is 0 Å². The molecule has 0 aliphatic carbocycles. The van der Waals surface area contributed by atoms with Crippen molar-refractivity contribution in [2.45, 2.75) is 39.7 Å². The van der Waals surface area contributed by atoms with Crippen LogP contribution in [0.15, 0.2) is 0 Å². The highest BCUT2D eigenvalue weighted by atomic mass is 16.3. The Balaban J connectivity index is 3.68. The molecule has 0 amide bonds. The first-order chi connectivity index (χ1) is 5.83. The van der Waals surface area contributed by atoms with Gasteiger partial charge in [0.2, 0.25) is 0 Å². The van der Waals surface area contributed by atoms with E-state index in [1.165, 1.54) is 0 Å². The average molecular weight is 189 g/mol. The van der Waals surface area contributed by atoms with Crippen molar-refractivity contribution < 1.29 is 10.2 Å². The van der Waals surface area contributed by atoms with Gasteiger partial charge in [-0.2, -0.15) is 0 Å². The second-order valence-corrected chi connectivity index (χ2v) is 4.78. The lowest BCUT2D eigenvalue weighted by Gasteiger charge is -2.26. The molecule has 13 heavy (non-hydrogen) atoms. The van der Waals surface area contributed by atoms with Crippen molar-refractivity contribution in [2.75, 3.05) is 19.7 Å². The van der Waals surface area contributed by atoms with E-state index in [2.05, 4.69) is 5.32 Å². The van der Waals surface area contributed by atoms with Crippen LogP contribution in [0.3, 0.4) is 0 Å². The molecule has 0 aromatic rings. The largest absolute Gasteiger partial charge is 0.396 e. The van der Waals surface area contributed by atoms with Crippen LogP contribution in [-0.4, -0.2) is 35.5 Å². The first kappa shape index (κ1) is 12.9. The van der Waals surface area contributed by atoms with Crippen molar-refractivity contribution in [1.29, 1.82) is 0 Å². The van der Waals surface area contributed by atoms with Gasteiger partial charge >= 0.3 is 0 Å². The maximum atomic E-state index is 9.67. The minimum absolute atomic E-state index is 0.107. The molecular formula is C10H23NO2. The zero-order valence-electron chi connectivity index (χ0n) is 9.22. The van der Waals surface area contributed by atoms with Crippen LogP contribution in [0, 0.1) is 5.41 Å². The summed E-state index contributed by atoms with van der Waals surface area (Å²) in [7, 11) is 0. The average Bonchev–Trinajstić information content (AvgIpc) is 2.04. The van der Waals surface area contributed by atoms with Gasteiger partial charge in [-0.1, -0.05) is 20.8 Å². The fraction of sp³-hybridized carbons (Fsp3) is 1.00. The number of rotatable bonds is 6. The third-order valence-corrected chi connectivity index (χ3v) is 2.30. The summed E-state index contributed by atoms with van der Waals surface area (Å²) < 4.78 is 0. The maximum absolute atomic E-state index is 9.67. The Morgan fingerprint density at radius 1 is 1.15 bits per heavy atom. The molecular weight excluding hydrogens is 166 g/mol. The number of nitrogens with one attached hydrogen (secondary N) is 1. The normalized spacial score (nSPS) is 17.1. The Morgan fingerprint density at radius 2 is 1.69 bits per heavy atom. The molecule has 1 atom stereocenters. The van der Waals surface area contributed by atoms with Gasteiger partial charge in [0.1, 0.15) is 0 Å². The smallest absolute Gasteiger partial charge is 0.0740 e. The van der Waals surface area contributed by atoms with Crippen LogP contribution in [0.25, 0.3) is 0 Å². The van der Waals surface area contributed by atoms with Crippen LogP contribution in [0.1, 0.15) is 34.1 Å². The molecule has 0 spiro atoms. The van der Waals surface area contributed by atoms with E-state index < -0.39 is 5.60 Å². The zero-order chi connectivity index (χ0) is 10.5. The van der Waals surface area contributed by atoms with E-state index in [-0.39, 0.29) is 12.0 Å². The van der Waals surface area contributed by atoms with E-state index in [9.17, 15) is 5.11 Å². The number of hydrogen-bond donors (Lipinski definition) is 3. The lowest BCUT2D eigenvalue weighted by atomic mass is 9.94. The lowest BCUT2D eigenvalue weighted by molar-refractivity contribution is 0.0506. The third kappa shape index (κ3) is 6.02. The van der Waals surface area contributed by atoms with Crippen molar-refractivity contribution in [3.05, 3.63) is 0 Å². The summed E-state index contributed by atoms with van der Waals surface area (Å²) in [6.45, 7) is 9.20. The summed E-state index contributed by atoms with van der Waals surface area (Å²) in [5.41, 5.74) is -0.741. The lowest BCUT2D eigenvalue weighted by Crippen LogP contribution is -2.41. The van der Waals surface area contributed by atoms with Gasteiger partial charge in [-0.25, -0.2) is 0 Å². The van der Waals surface area contributed by atoms with Gasteiger partial charge in [0.15, 0.2) is 0 Å². The number of aliphatic hydroxyl groups excluding tert-OH is 1. The van der Waals surface area contributed by atoms with E-state index in [0.717, 1.165) is 13.0 Å². The van der Waals surface area contributed by atoms with E-state index in [4.69, 9.17) is 5.11 Å². The summed E-state index contributed by atoms with van der Waals surface area (Å²) in [5, 5.41) is 21.8. The van der Waals surface area contributed by atoms with Gasteiger partial charge < -0.3 is 15.5 Å². The molecule has 3 heteroatoms. The molecule has 0 bridgehead atoms.